The van der Waals surface area contributed by atoms with E-state index in [4.69, 9.17) is 4.42 Å². The highest BCUT2D eigenvalue weighted by molar-refractivity contribution is 6.02. The van der Waals surface area contributed by atoms with Gasteiger partial charge < -0.3 is 14.5 Å². The first-order chi connectivity index (χ1) is 15.0. The van der Waals surface area contributed by atoms with Crippen molar-refractivity contribution in [2.45, 2.75) is 32.3 Å². The zero-order valence-electron chi connectivity index (χ0n) is 15.8. The lowest BCUT2D eigenvalue weighted by atomic mass is 10.3. The first kappa shape index (κ1) is 23.3. The standard InChI is InChI=1S/C17H14F7N5O3/c18-14(19)11-3-12(15(20)21)29(27-11)6-10-1-2-13(32-10)16(30)26-9-4-25-28(5-9)8-31-7-17(22,23)24/h1-5,14-15H,6-8H2,(H,26,30). The van der Waals surface area contributed by atoms with Crippen molar-refractivity contribution in [2.24, 2.45) is 0 Å². The van der Waals surface area contributed by atoms with E-state index in [0.29, 0.717) is 10.7 Å². The highest BCUT2D eigenvalue weighted by Gasteiger charge is 2.27. The Morgan fingerprint density at radius 2 is 1.94 bits per heavy atom. The van der Waals surface area contributed by atoms with Crippen molar-refractivity contribution in [3.8, 4) is 0 Å². The van der Waals surface area contributed by atoms with Crippen molar-refractivity contribution in [1.82, 2.24) is 19.6 Å². The molecule has 1 N–H and O–H groups in total. The Kier molecular flexibility index (Phi) is 6.86. The Morgan fingerprint density at radius 3 is 2.59 bits per heavy atom. The Balaban J connectivity index is 1.61. The van der Waals surface area contributed by atoms with Crippen LogP contribution in [0.1, 0.15) is 40.6 Å². The lowest BCUT2D eigenvalue weighted by molar-refractivity contribution is -0.182. The molecule has 0 aliphatic carbocycles. The minimum atomic E-state index is -4.49. The second kappa shape index (κ2) is 9.42. The van der Waals surface area contributed by atoms with Crippen LogP contribution < -0.4 is 5.32 Å². The van der Waals surface area contributed by atoms with E-state index in [0.717, 1.165) is 10.9 Å². The van der Waals surface area contributed by atoms with Gasteiger partial charge in [-0.2, -0.15) is 23.4 Å². The van der Waals surface area contributed by atoms with Gasteiger partial charge in [-0.3, -0.25) is 9.48 Å². The smallest absolute Gasteiger partial charge is 0.411 e. The predicted octanol–water partition coefficient (Wildman–Crippen LogP) is 4.38. The molecule has 0 aliphatic rings. The Labute approximate surface area is 174 Å². The fourth-order valence-corrected chi connectivity index (χ4v) is 2.54. The first-order valence-electron chi connectivity index (χ1n) is 8.73. The van der Waals surface area contributed by atoms with E-state index in [1.165, 1.54) is 18.3 Å². The molecule has 8 nitrogen and oxygen atoms in total. The molecule has 3 rings (SSSR count). The molecule has 0 radical (unpaired) electrons. The molecule has 0 atom stereocenters. The summed E-state index contributed by atoms with van der Waals surface area (Å²) in [6.45, 7) is -2.39. The highest BCUT2D eigenvalue weighted by atomic mass is 19.4. The fourth-order valence-electron chi connectivity index (χ4n) is 2.54. The van der Waals surface area contributed by atoms with Gasteiger partial charge in [-0.05, 0) is 18.2 Å². The van der Waals surface area contributed by atoms with Gasteiger partial charge >= 0.3 is 6.18 Å². The highest BCUT2D eigenvalue weighted by Crippen LogP contribution is 2.26. The van der Waals surface area contributed by atoms with Crippen LogP contribution in [0, 0.1) is 0 Å². The van der Waals surface area contributed by atoms with Gasteiger partial charge in [0.05, 0.1) is 24.6 Å². The maximum atomic E-state index is 13.0. The summed E-state index contributed by atoms with van der Waals surface area (Å²) in [5.74, 6) is -1.01. The zero-order valence-corrected chi connectivity index (χ0v) is 15.8. The Hall–Kier alpha value is -3.36. The maximum Gasteiger partial charge on any atom is 0.411 e. The average Bonchev–Trinajstić information content (AvgIpc) is 3.41. The van der Waals surface area contributed by atoms with E-state index >= 15 is 0 Å². The second-order valence-electron chi connectivity index (χ2n) is 6.33. The number of amides is 1. The summed E-state index contributed by atoms with van der Waals surface area (Å²) in [5, 5.41) is 9.52. The number of rotatable bonds is 9. The molecule has 0 aliphatic heterocycles. The number of anilines is 1. The van der Waals surface area contributed by atoms with Crippen molar-refractivity contribution in [2.75, 3.05) is 11.9 Å². The maximum absolute atomic E-state index is 13.0. The van der Waals surface area contributed by atoms with Crippen LogP contribution in [0.25, 0.3) is 0 Å². The molecule has 1 amide bonds. The second-order valence-corrected chi connectivity index (χ2v) is 6.33. The van der Waals surface area contributed by atoms with E-state index in [1.807, 2.05) is 0 Å². The summed E-state index contributed by atoms with van der Waals surface area (Å²) < 4.78 is 99.1. The molecule has 174 valence electrons. The molecule has 32 heavy (non-hydrogen) atoms. The molecular weight excluding hydrogens is 455 g/mol. The average molecular weight is 469 g/mol. The third kappa shape index (κ3) is 6.09. The van der Waals surface area contributed by atoms with Gasteiger partial charge in [0.15, 0.2) is 5.76 Å². The van der Waals surface area contributed by atoms with Crippen LogP contribution in [0.15, 0.2) is 35.0 Å². The van der Waals surface area contributed by atoms with Crippen LogP contribution in [-0.2, 0) is 18.0 Å². The largest absolute Gasteiger partial charge is 0.454 e. The van der Waals surface area contributed by atoms with Gasteiger partial charge in [0.2, 0.25) is 0 Å². The first-order valence-corrected chi connectivity index (χ1v) is 8.73. The lowest BCUT2D eigenvalue weighted by Crippen LogP contribution is -2.18. The van der Waals surface area contributed by atoms with Crippen LogP contribution in [0.2, 0.25) is 0 Å². The van der Waals surface area contributed by atoms with Gasteiger partial charge in [-0.15, -0.1) is 0 Å². The zero-order chi connectivity index (χ0) is 23.5. The molecule has 0 bridgehead atoms. The van der Waals surface area contributed by atoms with E-state index in [-0.39, 0.29) is 17.2 Å². The molecule has 0 fully saturated rings. The molecule has 0 aromatic carbocycles. The van der Waals surface area contributed by atoms with E-state index in [9.17, 15) is 35.5 Å². The minimum Gasteiger partial charge on any atom is -0.454 e. The molecule has 3 heterocycles. The van der Waals surface area contributed by atoms with Crippen molar-refractivity contribution in [3.05, 3.63) is 53.5 Å². The number of alkyl halides is 7. The number of carbonyl (C=O) groups excluding carboxylic acids is 1. The minimum absolute atomic E-state index is 0.00258. The van der Waals surface area contributed by atoms with Crippen LogP contribution in [0.5, 0.6) is 0 Å². The van der Waals surface area contributed by atoms with Crippen molar-refractivity contribution in [1.29, 1.82) is 0 Å². The number of nitrogens with one attached hydrogen (secondary N) is 1. The van der Waals surface area contributed by atoms with Gasteiger partial charge in [-0.1, -0.05) is 0 Å². The molecule has 3 aromatic heterocycles. The number of hydrogen-bond acceptors (Lipinski definition) is 5. The van der Waals surface area contributed by atoms with Gasteiger partial charge in [0.25, 0.3) is 18.8 Å². The normalized spacial score (nSPS) is 12.2. The Bertz CT molecular complexity index is 1060. The number of carbonyl (C=O) groups is 1. The third-order valence-corrected chi connectivity index (χ3v) is 3.85. The number of ether oxygens (including phenoxy) is 1. The SMILES string of the molecule is O=C(Nc1cnn(COCC(F)(F)F)c1)c1ccc(Cn2nc(C(F)F)cc2C(F)F)o1. The van der Waals surface area contributed by atoms with Crippen molar-refractivity contribution in [3.63, 3.8) is 0 Å². The molecule has 0 saturated heterocycles. The van der Waals surface area contributed by atoms with Gasteiger partial charge in [-0.25, -0.2) is 22.2 Å². The molecular formula is C17H14F7N5O3. The predicted molar refractivity (Wildman–Crippen MR) is 92.1 cm³/mol. The summed E-state index contributed by atoms with van der Waals surface area (Å²) >= 11 is 0. The van der Waals surface area contributed by atoms with Crippen molar-refractivity contribution < 1.29 is 44.7 Å². The number of furan rings is 1. The van der Waals surface area contributed by atoms with Gasteiger partial charge in [0, 0.05) is 0 Å². The third-order valence-electron chi connectivity index (χ3n) is 3.85. The van der Waals surface area contributed by atoms with E-state index < -0.39 is 56.2 Å². The van der Waals surface area contributed by atoms with E-state index in [2.05, 4.69) is 20.3 Å². The van der Waals surface area contributed by atoms with Gasteiger partial charge in [0.1, 0.15) is 30.5 Å². The summed E-state index contributed by atoms with van der Waals surface area (Å²) in [5.41, 5.74) is -1.43. The quantitative estimate of drug-likeness (QED) is 0.470. The molecule has 0 spiro atoms. The monoisotopic (exact) mass is 469 g/mol. The summed E-state index contributed by atoms with van der Waals surface area (Å²) in [7, 11) is 0. The fraction of sp³-hybridized carbons (Fsp3) is 0.353. The molecule has 0 saturated carbocycles. The number of hydrogen-bond donors (Lipinski definition) is 1. The number of halogens is 7. The summed E-state index contributed by atoms with van der Waals surface area (Å²) in [6.07, 6.45) is -8.21. The lowest BCUT2D eigenvalue weighted by Gasteiger charge is -2.07. The van der Waals surface area contributed by atoms with Crippen LogP contribution in [0.3, 0.4) is 0 Å². The Morgan fingerprint density at radius 1 is 1.19 bits per heavy atom. The van der Waals surface area contributed by atoms with E-state index in [1.54, 1.807) is 0 Å². The van der Waals surface area contributed by atoms with Crippen LogP contribution in [0.4, 0.5) is 36.4 Å². The number of nitrogens with zero attached hydrogens (tertiary/aromatic N) is 4. The molecule has 3 aromatic rings. The van der Waals surface area contributed by atoms with Crippen LogP contribution >= 0.6 is 0 Å². The summed E-state index contributed by atoms with van der Waals surface area (Å²) in [4.78, 5) is 12.2. The van der Waals surface area contributed by atoms with Crippen molar-refractivity contribution >= 4 is 11.6 Å². The topological polar surface area (TPSA) is 87.1 Å². The number of aromatic nitrogens is 4. The summed E-state index contributed by atoms with van der Waals surface area (Å²) in [6, 6.07) is 3.09. The molecule has 15 heteroatoms. The molecule has 0 unspecified atom stereocenters. The van der Waals surface area contributed by atoms with Crippen LogP contribution in [-0.4, -0.2) is 38.3 Å².